The molecule has 0 bridgehead atoms. The van der Waals surface area contributed by atoms with Crippen LogP contribution in [0.1, 0.15) is 25.8 Å². The lowest BCUT2D eigenvalue weighted by molar-refractivity contribution is 0.281. The van der Waals surface area contributed by atoms with Crippen LogP contribution in [-0.4, -0.2) is 44.6 Å². The highest BCUT2D eigenvalue weighted by Crippen LogP contribution is 2.22. The second kappa shape index (κ2) is 8.70. The fourth-order valence-corrected chi connectivity index (χ4v) is 3.58. The Morgan fingerprint density at radius 2 is 2.00 bits per heavy atom. The Bertz CT molecular complexity index is 549. The van der Waals surface area contributed by atoms with Crippen LogP contribution < -0.4 is 4.72 Å². The Labute approximate surface area is 132 Å². The number of nitrogens with zero attached hydrogens (tertiary/aromatic N) is 1. The number of rotatable bonds is 9. The van der Waals surface area contributed by atoms with Gasteiger partial charge in [0.05, 0.1) is 11.6 Å². The number of benzene rings is 1. The van der Waals surface area contributed by atoms with Crippen LogP contribution in [0.4, 0.5) is 0 Å². The summed E-state index contributed by atoms with van der Waals surface area (Å²) in [7, 11) is -3.66. The third kappa shape index (κ3) is 5.56. The van der Waals surface area contributed by atoms with Crippen molar-refractivity contribution < 1.29 is 13.5 Å². The van der Waals surface area contributed by atoms with Crippen molar-refractivity contribution in [2.24, 2.45) is 0 Å². The van der Waals surface area contributed by atoms with E-state index >= 15 is 0 Å². The van der Waals surface area contributed by atoms with Crippen molar-refractivity contribution in [3.05, 3.63) is 28.8 Å². The van der Waals surface area contributed by atoms with Crippen LogP contribution >= 0.6 is 11.6 Å². The number of aliphatic hydroxyl groups is 1. The highest BCUT2D eigenvalue weighted by molar-refractivity contribution is 7.89. The molecule has 120 valence electrons. The van der Waals surface area contributed by atoms with Gasteiger partial charge in [-0.15, -0.1) is 0 Å². The average Bonchev–Trinajstić information content (AvgIpc) is 2.46. The highest BCUT2D eigenvalue weighted by atomic mass is 35.5. The zero-order valence-electron chi connectivity index (χ0n) is 12.5. The molecular formula is C14H23ClN2O3S. The van der Waals surface area contributed by atoms with Crippen LogP contribution in [0.3, 0.4) is 0 Å². The van der Waals surface area contributed by atoms with Crippen molar-refractivity contribution in [1.29, 1.82) is 0 Å². The molecule has 0 aromatic heterocycles. The third-order valence-corrected chi connectivity index (χ3v) is 5.12. The molecular weight excluding hydrogens is 312 g/mol. The topological polar surface area (TPSA) is 69.6 Å². The maximum Gasteiger partial charge on any atom is 0.242 e. The summed E-state index contributed by atoms with van der Waals surface area (Å²) in [5.74, 6) is 0. The van der Waals surface area contributed by atoms with Crippen molar-refractivity contribution in [2.75, 3.05) is 26.2 Å². The van der Waals surface area contributed by atoms with Gasteiger partial charge in [-0.05, 0) is 37.2 Å². The van der Waals surface area contributed by atoms with Gasteiger partial charge < -0.3 is 10.0 Å². The number of aliphatic hydroxyl groups excluding tert-OH is 1. The van der Waals surface area contributed by atoms with Crippen LogP contribution in [0.15, 0.2) is 23.1 Å². The van der Waals surface area contributed by atoms with E-state index in [1.165, 1.54) is 12.1 Å². The molecule has 1 aromatic carbocycles. The highest BCUT2D eigenvalue weighted by Gasteiger charge is 2.18. The zero-order valence-corrected chi connectivity index (χ0v) is 14.0. The molecule has 0 saturated carbocycles. The lowest BCUT2D eigenvalue weighted by atomic mass is 10.2. The van der Waals surface area contributed by atoms with E-state index in [9.17, 15) is 8.42 Å². The quantitative estimate of drug-likeness (QED) is 0.723. The van der Waals surface area contributed by atoms with Crippen molar-refractivity contribution in [2.45, 2.75) is 31.8 Å². The fourth-order valence-electron chi connectivity index (χ4n) is 2.01. The van der Waals surface area contributed by atoms with Gasteiger partial charge in [0.2, 0.25) is 10.0 Å². The van der Waals surface area contributed by atoms with Gasteiger partial charge in [-0.2, -0.15) is 0 Å². The summed E-state index contributed by atoms with van der Waals surface area (Å²) in [5, 5.41) is 9.25. The summed E-state index contributed by atoms with van der Waals surface area (Å²) in [6.07, 6.45) is 1.03. The Morgan fingerprint density at radius 1 is 1.29 bits per heavy atom. The normalized spacial score (nSPS) is 12.0. The summed E-state index contributed by atoms with van der Waals surface area (Å²) < 4.78 is 27.1. The first-order valence-corrected chi connectivity index (χ1v) is 8.92. The molecule has 0 spiro atoms. The van der Waals surface area contributed by atoms with Crippen molar-refractivity contribution in [3.8, 4) is 0 Å². The smallest absolute Gasteiger partial charge is 0.242 e. The maximum absolute atomic E-state index is 12.3. The molecule has 0 aliphatic carbocycles. The van der Waals surface area contributed by atoms with Gasteiger partial charge in [-0.25, -0.2) is 13.1 Å². The van der Waals surface area contributed by atoms with E-state index in [0.29, 0.717) is 18.7 Å². The van der Waals surface area contributed by atoms with E-state index in [-0.39, 0.29) is 16.5 Å². The van der Waals surface area contributed by atoms with Crippen molar-refractivity contribution in [1.82, 2.24) is 9.62 Å². The molecule has 0 aliphatic heterocycles. The summed E-state index contributed by atoms with van der Waals surface area (Å²) in [4.78, 5) is 2.18. The maximum atomic E-state index is 12.3. The molecule has 1 rings (SSSR count). The number of hydrogen-bond donors (Lipinski definition) is 2. The number of halogens is 1. The van der Waals surface area contributed by atoms with Gasteiger partial charge in [0.25, 0.3) is 0 Å². The molecule has 0 atom stereocenters. The van der Waals surface area contributed by atoms with Crippen LogP contribution in [-0.2, 0) is 16.6 Å². The molecule has 0 aliphatic rings. The molecule has 5 nitrogen and oxygen atoms in total. The monoisotopic (exact) mass is 334 g/mol. The Kier molecular flexibility index (Phi) is 7.62. The second-order valence-electron chi connectivity index (χ2n) is 4.75. The van der Waals surface area contributed by atoms with Gasteiger partial charge in [-0.3, -0.25) is 0 Å². The number of sulfonamides is 1. The largest absolute Gasteiger partial charge is 0.392 e. The lowest BCUT2D eigenvalue weighted by Crippen LogP contribution is -2.35. The molecule has 0 fully saturated rings. The Hall–Kier alpha value is -0.660. The molecule has 0 unspecified atom stereocenters. The average molecular weight is 335 g/mol. The molecule has 0 heterocycles. The van der Waals surface area contributed by atoms with E-state index in [1.54, 1.807) is 6.07 Å². The first-order valence-electron chi connectivity index (χ1n) is 7.05. The van der Waals surface area contributed by atoms with Crippen molar-refractivity contribution in [3.63, 3.8) is 0 Å². The molecule has 0 radical (unpaired) electrons. The fraction of sp³-hybridized carbons (Fsp3) is 0.571. The number of nitrogens with one attached hydrogen (secondary N) is 1. The molecule has 0 saturated heterocycles. The van der Waals surface area contributed by atoms with Gasteiger partial charge in [0.15, 0.2) is 0 Å². The molecule has 0 amide bonds. The SMILES string of the molecule is CCCN(CC)CCNS(=O)(=O)c1cc(CO)ccc1Cl. The summed E-state index contributed by atoms with van der Waals surface area (Å²) in [6, 6.07) is 4.48. The van der Waals surface area contributed by atoms with Crippen LogP contribution in [0.2, 0.25) is 5.02 Å². The zero-order chi connectivity index (χ0) is 15.9. The predicted molar refractivity (Wildman–Crippen MR) is 85.0 cm³/mol. The van der Waals surface area contributed by atoms with Gasteiger partial charge in [0.1, 0.15) is 4.90 Å². The Morgan fingerprint density at radius 3 is 2.57 bits per heavy atom. The van der Waals surface area contributed by atoms with Crippen LogP contribution in [0.25, 0.3) is 0 Å². The van der Waals surface area contributed by atoms with Crippen LogP contribution in [0, 0.1) is 0 Å². The third-order valence-electron chi connectivity index (χ3n) is 3.17. The first-order chi connectivity index (χ1) is 9.94. The standard InChI is InChI=1S/C14H23ClN2O3S/c1-3-8-17(4-2)9-7-16-21(19,20)14-10-12(11-18)5-6-13(14)15/h5-6,10,16,18H,3-4,7-9,11H2,1-2H3. The lowest BCUT2D eigenvalue weighted by Gasteiger charge is -2.19. The summed E-state index contributed by atoms with van der Waals surface area (Å²) in [6.45, 7) is 6.73. The van der Waals surface area contributed by atoms with E-state index < -0.39 is 10.0 Å². The van der Waals surface area contributed by atoms with Crippen LogP contribution in [0.5, 0.6) is 0 Å². The number of likely N-dealkylation sites (N-methyl/N-ethyl adjacent to an activating group) is 1. The van der Waals surface area contributed by atoms with E-state index in [2.05, 4.69) is 16.5 Å². The second-order valence-corrected chi connectivity index (χ2v) is 6.90. The minimum Gasteiger partial charge on any atom is -0.392 e. The minimum absolute atomic E-state index is 0.00857. The first kappa shape index (κ1) is 18.4. The predicted octanol–water partition coefficient (Wildman–Crippen LogP) is 1.84. The van der Waals surface area contributed by atoms with Gasteiger partial charge in [0, 0.05) is 13.1 Å². The number of hydrogen-bond acceptors (Lipinski definition) is 4. The van der Waals surface area contributed by atoms with Gasteiger partial charge in [-0.1, -0.05) is 31.5 Å². The molecule has 2 N–H and O–H groups in total. The van der Waals surface area contributed by atoms with E-state index in [4.69, 9.17) is 16.7 Å². The van der Waals surface area contributed by atoms with Crippen molar-refractivity contribution >= 4 is 21.6 Å². The molecule has 1 aromatic rings. The summed E-state index contributed by atoms with van der Waals surface area (Å²) >= 11 is 5.94. The molecule has 21 heavy (non-hydrogen) atoms. The molecule has 7 heteroatoms. The van der Waals surface area contributed by atoms with E-state index in [0.717, 1.165) is 19.5 Å². The summed E-state index contributed by atoms with van der Waals surface area (Å²) in [5.41, 5.74) is 0.515. The van der Waals surface area contributed by atoms with Gasteiger partial charge >= 0.3 is 0 Å². The minimum atomic E-state index is -3.66. The van der Waals surface area contributed by atoms with E-state index in [1.807, 2.05) is 6.92 Å². The Balaban J connectivity index is 2.73.